The minimum atomic E-state index is -1.61. The number of nitrogens with one attached hydrogen (secondary N) is 1. The van der Waals surface area contributed by atoms with E-state index in [0.29, 0.717) is 0 Å². The number of benzene rings is 3. The molecule has 0 radical (unpaired) electrons. The molecule has 0 bridgehead atoms. The normalized spacial score (nSPS) is 13.2. The number of rotatable bonds is 7. The van der Waals surface area contributed by atoms with Gasteiger partial charge in [-0.05, 0) is 46.4 Å². The van der Waals surface area contributed by atoms with Crippen LogP contribution in [0.2, 0.25) is 0 Å². The van der Waals surface area contributed by atoms with E-state index in [-0.39, 0.29) is 24.5 Å². The number of carbonyl (C=O) groups excluding carboxylic acids is 1. The van der Waals surface area contributed by atoms with E-state index in [1.165, 1.54) is 0 Å². The number of fused-ring (bicyclic) bond motifs is 3. The quantitative estimate of drug-likeness (QED) is 0.490. The van der Waals surface area contributed by atoms with Crippen molar-refractivity contribution < 1.29 is 32.6 Å². The van der Waals surface area contributed by atoms with Gasteiger partial charge in [0.1, 0.15) is 6.61 Å². The monoisotopic (exact) mass is 455 g/mol. The molecule has 1 aliphatic carbocycles. The predicted molar refractivity (Wildman–Crippen MR) is 114 cm³/mol. The average Bonchev–Trinajstić information content (AvgIpc) is 3.09. The van der Waals surface area contributed by atoms with Crippen molar-refractivity contribution in [1.29, 1.82) is 0 Å². The van der Waals surface area contributed by atoms with Crippen molar-refractivity contribution in [2.45, 2.75) is 24.8 Å². The van der Waals surface area contributed by atoms with Gasteiger partial charge in [0, 0.05) is 12.0 Å². The molecule has 3 aromatic rings. The number of ether oxygens (including phenoxy) is 1. The summed E-state index contributed by atoms with van der Waals surface area (Å²) in [7, 11) is 0. The molecule has 0 saturated carbocycles. The fourth-order valence-corrected chi connectivity index (χ4v) is 4.20. The summed E-state index contributed by atoms with van der Waals surface area (Å²) >= 11 is 0. The highest BCUT2D eigenvalue weighted by molar-refractivity contribution is 5.79. The molecule has 5 nitrogen and oxygen atoms in total. The Morgan fingerprint density at radius 3 is 2.03 bits per heavy atom. The summed E-state index contributed by atoms with van der Waals surface area (Å²) in [6, 6.07) is 16.1. The highest BCUT2D eigenvalue weighted by Gasteiger charge is 2.29. The van der Waals surface area contributed by atoms with Gasteiger partial charge in [0.2, 0.25) is 0 Å². The molecule has 0 aliphatic heterocycles. The minimum absolute atomic E-state index is 0.0107. The number of amides is 1. The maximum Gasteiger partial charge on any atom is 0.407 e. The number of aliphatic carboxylic acids is 1. The molecular formula is C25H20F3NO4. The first-order chi connectivity index (χ1) is 15.8. The van der Waals surface area contributed by atoms with Crippen LogP contribution in [-0.2, 0) is 16.0 Å². The first-order valence-electron chi connectivity index (χ1n) is 10.3. The smallest absolute Gasteiger partial charge is 0.407 e. The maximum absolute atomic E-state index is 13.5. The third kappa shape index (κ3) is 4.84. The highest BCUT2D eigenvalue weighted by atomic mass is 19.2. The largest absolute Gasteiger partial charge is 0.481 e. The second-order valence-corrected chi connectivity index (χ2v) is 7.84. The Hall–Kier alpha value is -3.81. The van der Waals surface area contributed by atoms with Crippen LogP contribution in [-0.4, -0.2) is 29.8 Å². The van der Waals surface area contributed by atoms with Crippen LogP contribution in [0, 0.1) is 17.5 Å². The summed E-state index contributed by atoms with van der Waals surface area (Å²) in [5.41, 5.74) is 4.17. The van der Waals surface area contributed by atoms with Crippen LogP contribution in [0.1, 0.15) is 29.0 Å². The summed E-state index contributed by atoms with van der Waals surface area (Å²) in [6.07, 6.45) is -1.58. The third-order valence-corrected chi connectivity index (χ3v) is 5.61. The van der Waals surface area contributed by atoms with E-state index in [2.05, 4.69) is 5.32 Å². The van der Waals surface area contributed by atoms with Gasteiger partial charge in [-0.1, -0.05) is 48.5 Å². The van der Waals surface area contributed by atoms with Crippen LogP contribution in [0.3, 0.4) is 0 Å². The maximum atomic E-state index is 13.5. The zero-order valence-electron chi connectivity index (χ0n) is 17.4. The first-order valence-corrected chi connectivity index (χ1v) is 10.3. The average molecular weight is 455 g/mol. The SMILES string of the molecule is O=C(O)C[C@@H](Cc1cc(F)c(F)c(F)c1)NC(=O)OCC1c2ccccc2-c2ccccc21. The lowest BCUT2D eigenvalue weighted by Crippen LogP contribution is -2.39. The fraction of sp³-hybridized carbons (Fsp3) is 0.200. The Balaban J connectivity index is 1.45. The van der Waals surface area contributed by atoms with Gasteiger partial charge in [0.05, 0.1) is 6.42 Å². The van der Waals surface area contributed by atoms with E-state index in [4.69, 9.17) is 9.84 Å². The molecule has 1 amide bonds. The molecule has 1 aliphatic rings. The Labute approximate surface area is 187 Å². The van der Waals surface area contributed by atoms with Gasteiger partial charge in [-0.15, -0.1) is 0 Å². The number of hydrogen-bond acceptors (Lipinski definition) is 3. The summed E-state index contributed by atoms with van der Waals surface area (Å²) in [4.78, 5) is 23.7. The summed E-state index contributed by atoms with van der Waals surface area (Å²) in [5, 5.41) is 11.6. The molecule has 3 aromatic carbocycles. The van der Waals surface area contributed by atoms with Crippen LogP contribution in [0.15, 0.2) is 60.7 Å². The fourth-order valence-electron chi connectivity index (χ4n) is 4.20. The van der Waals surface area contributed by atoms with Gasteiger partial charge in [0.15, 0.2) is 17.5 Å². The molecule has 0 spiro atoms. The molecule has 0 fully saturated rings. The molecule has 0 saturated heterocycles. The molecule has 1 atom stereocenters. The van der Waals surface area contributed by atoms with Gasteiger partial charge >= 0.3 is 12.1 Å². The summed E-state index contributed by atoms with van der Waals surface area (Å²) in [6.45, 7) is 0.0272. The van der Waals surface area contributed by atoms with E-state index in [1.54, 1.807) is 0 Å². The van der Waals surface area contributed by atoms with E-state index < -0.39 is 42.0 Å². The lowest BCUT2D eigenvalue weighted by Gasteiger charge is -2.19. The second kappa shape index (κ2) is 9.36. The van der Waals surface area contributed by atoms with Gasteiger partial charge in [0.25, 0.3) is 0 Å². The number of halogens is 3. The van der Waals surface area contributed by atoms with Crippen molar-refractivity contribution in [3.63, 3.8) is 0 Å². The Bertz CT molecular complexity index is 1150. The Morgan fingerprint density at radius 1 is 0.939 bits per heavy atom. The van der Waals surface area contributed by atoms with Crippen molar-refractivity contribution in [3.05, 3.63) is 94.8 Å². The molecule has 0 unspecified atom stereocenters. The Kier molecular flexibility index (Phi) is 6.35. The minimum Gasteiger partial charge on any atom is -0.481 e. The van der Waals surface area contributed by atoms with Crippen molar-refractivity contribution in [2.24, 2.45) is 0 Å². The van der Waals surface area contributed by atoms with E-state index in [9.17, 15) is 22.8 Å². The van der Waals surface area contributed by atoms with Gasteiger partial charge in [-0.2, -0.15) is 0 Å². The van der Waals surface area contributed by atoms with Gasteiger partial charge in [-0.25, -0.2) is 18.0 Å². The molecule has 2 N–H and O–H groups in total. The second-order valence-electron chi connectivity index (χ2n) is 7.84. The van der Waals surface area contributed by atoms with Crippen LogP contribution >= 0.6 is 0 Å². The van der Waals surface area contributed by atoms with Crippen LogP contribution in [0.5, 0.6) is 0 Å². The van der Waals surface area contributed by atoms with Crippen molar-refractivity contribution in [2.75, 3.05) is 6.61 Å². The van der Waals surface area contributed by atoms with Crippen LogP contribution in [0.4, 0.5) is 18.0 Å². The molecule has 0 heterocycles. The summed E-state index contributed by atoms with van der Waals surface area (Å²) < 4.78 is 45.6. The zero-order chi connectivity index (χ0) is 23.5. The molecule has 170 valence electrons. The van der Waals surface area contributed by atoms with Crippen molar-refractivity contribution >= 4 is 12.1 Å². The van der Waals surface area contributed by atoms with Gasteiger partial charge < -0.3 is 15.2 Å². The molecule has 33 heavy (non-hydrogen) atoms. The summed E-state index contributed by atoms with van der Waals surface area (Å²) in [5.74, 6) is -5.79. The number of hydrogen-bond donors (Lipinski definition) is 2. The number of carbonyl (C=O) groups is 2. The first kappa shape index (κ1) is 22.4. The highest BCUT2D eigenvalue weighted by Crippen LogP contribution is 2.44. The van der Waals surface area contributed by atoms with E-state index in [1.807, 2.05) is 48.5 Å². The van der Waals surface area contributed by atoms with E-state index >= 15 is 0 Å². The molecule has 0 aromatic heterocycles. The molecule has 4 rings (SSSR count). The zero-order valence-corrected chi connectivity index (χ0v) is 17.4. The molecular weight excluding hydrogens is 435 g/mol. The molecule has 8 heteroatoms. The van der Waals surface area contributed by atoms with Gasteiger partial charge in [-0.3, -0.25) is 4.79 Å². The lowest BCUT2D eigenvalue weighted by molar-refractivity contribution is -0.137. The van der Waals surface area contributed by atoms with E-state index in [0.717, 1.165) is 34.4 Å². The lowest BCUT2D eigenvalue weighted by atomic mass is 9.98. The third-order valence-electron chi connectivity index (χ3n) is 5.61. The number of carboxylic acids is 1. The van der Waals surface area contributed by atoms with Crippen LogP contribution in [0.25, 0.3) is 11.1 Å². The van der Waals surface area contributed by atoms with Crippen molar-refractivity contribution in [3.8, 4) is 11.1 Å². The number of alkyl carbamates (subject to hydrolysis) is 1. The standard InChI is InChI=1S/C25H20F3NO4/c26-21-10-14(11-22(27)24(21)28)9-15(12-23(30)31)29-25(32)33-13-20-18-7-3-1-5-16(18)17-6-2-4-8-19(17)20/h1-8,10-11,15,20H,9,12-13H2,(H,29,32)(H,30,31)/t15-/m1/s1. The topological polar surface area (TPSA) is 75.6 Å². The predicted octanol–water partition coefficient (Wildman–Crippen LogP) is 5.03. The van der Waals surface area contributed by atoms with Crippen LogP contribution < -0.4 is 5.32 Å². The van der Waals surface area contributed by atoms with Crippen molar-refractivity contribution in [1.82, 2.24) is 5.32 Å². The number of carboxylic acid groups (broad SMARTS) is 1. The Morgan fingerprint density at radius 2 is 1.48 bits per heavy atom.